The highest BCUT2D eigenvalue weighted by molar-refractivity contribution is 5.01. The van der Waals surface area contributed by atoms with E-state index in [1.54, 1.807) is 0 Å². The van der Waals surface area contributed by atoms with E-state index in [2.05, 4.69) is 15.5 Å². The lowest BCUT2D eigenvalue weighted by Crippen LogP contribution is -2.28. The molecule has 0 bridgehead atoms. The van der Waals surface area contributed by atoms with Gasteiger partial charge in [-0.3, -0.25) is 0 Å². The number of rotatable bonds is 2. The van der Waals surface area contributed by atoms with Crippen molar-refractivity contribution < 1.29 is 9.26 Å². The predicted octanol–water partition coefficient (Wildman–Crippen LogP) is 1.04. The highest BCUT2D eigenvalue weighted by Crippen LogP contribution is 2.26. The van der Waals surface area contributed by atoms with Crippen LogP contribution in [0.15, 0.2) is 4.52 Å². The van der Waals surface area contributed by atoms with Crippen molar-refractivity contribution in [1.29, 1.82) is 0 Å². The summed E-state index contributed by atoms with van der Waals surface area (Å²) in [5.41, 5.74) is 0. The molecule has 3 rings (SSSR count). The summed E-state index contributed by atoms with van der Waals surface area (Å²) in [6, 6.07) is 0. The summed E-state index contributed by atoms with van der Waals surface area (Å²) in [6.45, 7) is 3.62. The Hall–Kier alpha value is -0.940. The second-order valence-corrected chi connectivity index (χ2v) is 4.59. The first kappa shape index (κ1) is 10.2. The topological polar surface area (TPSA) is 60.2 Å². The van der Waals surface area contributed by atoms with Gasteiger partial charge in [-0.1, -0.05) is 5.16 Å². The molecule has 0 radical (unpaired) electrons. The van der Waals surface area contributed by atoms with Crippen LogP contribution in [-0.2, 0) is 4.74 Å². The molecule has 0 saturated carbocycles. The summed E-state index contributed by atoms with van der Waals surface area (Å²) in [5.74, 6) is 2.37. The third-order valence-electron chi connectivity index (χ3n) is 3.40. The van der Waals surface area contributed by atoms with Gasteiger partial charge in [0.2, 0.25) is 5.89 Å². The largest absolute Gasteiger partial charge is 0.381 e. The van der Waals surface area contributed by atoms with E-state index in [1.807, 2.05) is 0 Å². The molecule has 16 heavy (non-hydrogen) atoms. The molecule has 0 amide bonds. The van der Waals surface area contributed by atoms with Gasteiger partial charge in [-0.25, -0.2) is 0 Å². The van der Waals surface area contributed by atoms with Gasteiger partial charge in [0.25, 0.3) is 0 Å². The lowest BCUT2D eigenvalue weighted by Gasteiger charge is -2.18. The average Bonchev–Trinajstić information content (AvgIpc) is 3.01. The van der Waals surface area contributed by atoms with Crippen molar-refractivity contribution >= 4 is 0 Å². The minimum Gasteiger partial charge on any atom is -0.381 e. The number of aromatic nitrogens is 2. The van der Waals surface area contributed by atoms with E-state index >= 15 is 0 Å². The van der Waals surface area contributed by atoms with E-state index in [-0.39, 0.29) is 0 Å². The molecule has 0 spiro atoms. The molecule has 1 aromatic rings. The summed E-state index contributed by atoms with van der Waals surface area (Å²) < 4.78 is 10.7. The van der Waals surface area contributed by atoms with Crippen LogP contribution >= 0.6 is 0 Å². The van der Waals surface area contributed by atoms with Crippen LogP contribution < -0.4 is 5.32 Å². The molecule has 1 N–H and O–H groups in total. The van der Waals surface area contributed by atoms with Gasteiger partial charge in [-0.05, 0) is 25.8 Å². The number of piperidine rings is 1. The van der Waals surface area contributed by atoms with Gasteiger partial charge in [0.15, 0.2) is 5.82 Å². The molecule has 1 aromatic heterocycles. The van der Waals surface area contributed by atoms with E-state index < -0.39 is 0 Å². The Kier molecular flexibility index (Phi) is 2.88. The standard InChI is InChI=1S/C11H17N3O2/c1-2-8(6-12-4-1)11-13-10(14-16-11)9-3-5-15-7-9/h8-9,12H,1-7H2/t8-,9?/m1/s1. The SMILES string of the molecule is C1CNC[C@H](c2nc(C3CCOC3)no2)C1. The normalized spacial score (nSPS) is 30.8. The first-order valence-corrected chi connectivity index (χ1v) is 6.05. The van der Waals surface area contributed by atoms with Crippen LogP contribution in [0.25, 0.3) is 0 Å². The monoisotopic (exact) mass is 223 g/mol. The lowest BCUT2D eigenvalue weighted by atomic mass is 10.00. The molecule has 1 unspecified atom stereocenters. The van der Waals surface area contributed by atoms with E-state index in [9.17, 15) is 0 Å². The van der Waals surface area contributed by atoms with E-state index in [1.165, 1.54) is 6.42 Å². The second kappa shape index (κ2) is 4.51. The Balaban J connectivity index is 1.71. The maximum atomic E-state index is 5.36. The minimum atomic E-state index is 0.342. The molecule has 88 valence electrons. The fourth-order valence-corrected chi connectivity index (χ4v) is 2.38. The minimum absolute atomic E-state index is 0.342. The van der Waals surface area contributed by atoms with Crippen LogP contribution in [0.5, 0.6) is 0 Å². The summed E-state index contributed by atoms with van der Waals surface area (Å²) in [5, 5.41) is 7.44. The number of nitrogens with zero attached hydrogens (tertiary/aromatic N) is 2. The third-order valence-corrected chi connectivity index (χ3v) is 3.40. The molecule has 0 aliphatic carbocycles. The number of hydrogen-bond donors (Lipinski definition) is 1. The molecular weight excluding hydrogens is 206 g/mol. The molecular formula is C11H17N3O2. The van der Waals surface area contributed by atoms with Crippen LogP contribution in [0.3, 0.4) is 0 Å². The summed E-state index contributed by atoms with van der Waals surface area (Å²) in [7, 11) is 0. The van der Waals surface area contributed by atoms with E-state index in [0.717, 1.165) is 50.9 Å². The summed E-state index contributed by atoms with van der Waals surface area (Å²) in [6.07, 6.45) is 3.35. The molecule has 2 fully saturated rings. The Morgan fingerprint density at radius 3 is 3.00 bits per heavy atom. The van der Waals surface area contributed by atoms with Crippen molar-refractivity contribution in [2.75, 3.05) is 26.3 Å². The Labute approximate surface area is 94.6 Å². The molecule has 2 atom stereocenters. The molecule has 2 aliphatic rings. The maximum absolute atomic E-state index is 5.36. The van der Waals surface area contributed by atoms with Crippen LogP contribution in [-0.4, -0.2) is 36.4 Å². The van der Waals surface area contributed by atoms with Gasteiger partial charge in [0.1, 0.15) is 0 Å². The molecule has 5 nitrogen and oxygen atoms in total. The zero-order chi connectivity index (χ0) is 10.8. The summed E-state index contributed by atoms with van der Waals surface area (Å²) >= 11 is 0. The van der Waals surface area contributed by atoms with Gasteiger partial charge in [0.05, 0.1) is 12.5 Å². The fraction of sp³-hybridized carbons (Fsp3) is 0.818. The van der Waals surface area contributed by atoms with Crippen LogP contribution in [0, 0.1) is 0 Å². The van der Waals surface area contributed by atoms with Crippen molar-refractivity contribution in [2.24, 2.45) is 0 Å². The van der Waals surface area contributed by atoms with Crippen LogP contribution in [0.2, 0.25) is 0 Å². The maximum Gasteiger partial charge on any atom is 0.231 e. The Morgan fingerprint density at radius 2 is 2.25 bits per heavy atom. The number of ether oxygens (including phenoxy) is 1. The van der Waals surface area contributed by atoms with Crippen LogP contribution in [0.4, 0.5) is 0 Å². The first-order chi connectivity index (χ1) is 7.93. The van der Waals surface area contributed by atoms with E-state index in [0.29, 0.717) is 11.8 Å². The number of nitrogens with one attached hydrogen (secondary N) is 1. The van der Waals surface area contributed by atoms with Gasteiger partial charge in [0, 0.05) is 19.1 Å². The molecule has 0 aromatic carbocycles. The van der Waals surface area contributed by atoms with Crippen molar-refractivity contribution in [2.45, 2.75) is 31.1 Å². The third kappa shape index (κ3) is 1.97. The molecule has 5 heteroatoms. The molecule has 3 heterocycles. The Bertz CT molecular complexity index is 341. The molecule has 2 saturated heterocycles. The lowest BCUT2D eigenvalue weighted by molar-refractivity contribution is 0.192. The molecule has 2 aliphatic heterocycles. The zero-order valence-electron chi connectivity index (χ0n) is 9.32. The van der Waals surface area contributed by atoms with Crippen molar-refractivity contribution in [3.63, 3.8) is 0 Å². The Morgan fingerprint density at radius 1 is 1.25 bits per heavy atom. The predicted molar refractivity (Wildman–Crippen MR) is 57.3 cm³/mol. The van der Waals surface area contributed by atoms with Crippen molar-refractivity contribution in [1.82, 2.24) is 15.5 Å². The highest BCUT2D eigenvalue weighted by atomic mass is 16.5. The van der Waals surface area contributed by atoms with Gasteiger partial charge in [-0.15, -0.1) is 0 Å². The van der Waals surface area contributed by atoms with Gasteiger partial charge < -0.3 is 14.6 Å². The quantitative estimate of drug-likeness (QED) is 0.811. The van der Waals surface area contributed by atoms with Crippen molar-refractivity contribution in [3.8, 4) is 0 Å². The van der Waals surface area contributed by atoms with Crippen molar-refractivity contribution in [3.05, 3.63) is 11.7 Å². The average molecular weight is 223 g/mol. The zero-order valence-corrected chi connectivity index (χ0v) is 9.32. The number of hydrogen-bond acceptors (Lipinski definition) is 5. The first-order valence-electron chi connectivity index (χ1n) is 6.05. The second-order valence-electron chi connectivity index (χ2n) is 4.59. The van der Waals surface area contributed by atoms with Gasteiger partial charge in [-0.2, -0.15) is 4.98 Å². The summed E-state index contributed by atoms with van der Waals surface area (Å²) in [4.78, 5) is 4.52. The smallest absolute Gasteiger partial charge is 0.231 e. The fourth-order valence-electron chi connectivity index (χ4n) is 2.38. The van der Waals surface area contributed by atoms with E-state index in [4.69, 9.17) is 9.26 Å². The van der Waals surface area contributed by atoms with Crippen LogP contribution in [0.1, 0.15) is 42.8 Å². The van der Waals surface area contributed by atoms with Gasteiger partial charge >= 0.3 is 0 Å². The highest BCUT2D eigenvalue weighted by Gasteiger charge is 2.26.